The van der Waals surface area contributed by atoms with Gasteiger partial charge in [0.05, 0.1) is 18.6 Å². The molecule has 2 N–H and O–H groups in total. The first kappa shape index (κ1) is 13.5. The molecule has 0 radical (unpaired) electrons. The molecule has 0 saturated carbocycles. The van der Waals surface area contributed by atoms with Gasteiger partial charge >= 0.3 is 0 Å². The van der Waals surface area contributed by atoms with Crippen LogP contribution in [0.3, 0.4) is 0 Å². The predicted molar refractivity (Wildman–Crippen MR) is 81.8 cm³/mol. The van der Waals surface area contributed by atoms with E-state index in [0.717, 1.165) is 42.2 Å². The number of benzene rings is 1. The monoisotopic (exact) mass is 289 g/mol. The summed E-state index contributed by atoms with van der Waals surface area (Å²) >= 11 is 1.67. The third kappa shape index (κ3) is 2.67. The Morgan fingerprint density at radius 2 is 2.30 bits per heavy atom. The van der Waals surface area contributed by atoms with Crippen molar-refractivity contribution in [1.29, 1.82) is 0 Å². The lowest BCUT2D eigenvalue weighted by Gasteiger charge is -2.12. The molecule has 4 heteroatoms. The minimum atomic E-state index is 0.0365. The summed E-state index contributed by atoms with van der Waals surface area (Å²) in [5, 5.41) is 2.03. The maximum absolute atomic E-state index is 6.28. The zero-order chi connectivity index (χ0) is 13.9. The molecule has 0 bridgehead atoms. The third-order valence-electron chi connectivity index (χ3n) is 3.71. The molecule has 2 heterocycles. The Morgan fingerprint density at radius 1 is 1.40 bits per heavy atom. The molecule has 1 aliphatic heterocycles. The summed E-state index contributed by atoms with van der Waals surface area (Å²) < 4.78 is 10.9. The van der Waals surface area contributed by atoms with Crippen LogP contribution in [0.5, 0.6) is 11.5 Å². The second-order valence-corrected chi connectivity index (χ2v) is 5.99. The fraction of sp³-hybridized carbons (Fsp3) is 0.375. The first-order chi connectivity index (χ1) is 9.78. The summed E-state index contributed by atoms with van der Waals surface area (Å²) in [4.78, 5) is 1.14. The highest BCUT2D eigenvalue weighted by Crippen LogP contribution is 2.32. The number of methoxy groups -OCH3 is 1. The number of ether oxygens (including phenoxy) is 2. The maximum Gasteiger partial charge on any atom is 0.134 e. The third-order valence-corrected chi connectivity index (χ3v) is 4.74. The van der Waals surface area contributed by atoms with Crippen LogP contribution in [0, 0.1) is 0 Å². The molecular weight excluding hydrogens is 270 g/mol. The van der Waals surface area contributed by atoms with E-state index in [1.54, 1.807) is 18.4 Å². The van der Waals surface area contributed by atoms with E-state index in [1.807, 2.05) is 11.4 Å². The van der Waals surface area contributed by atoms with Crippen LogP contribution in [0.15, 0.2) is 29.6 Å². The lowest BCUT2D eigenvalue weighted by Crippen LogP contribution is -2.10. The lowest BCUT2D eigenvalue weighted by molar-refractivity contribution is 0.357. The predicted octanol–water partition coefficient (Wildman–Crippen LogP) is 3.32. The van der Waals surface area contributed by atoms with Crippen LogP contribution in [0.2, 0.25) is 0 Å². The summed E-state index contributed by atoms with van der Waals surface area (Å²) in [6, 6.07) is 8.49. The van der Waals surface area contributed by atoms with Gasteiger partial charge in [-0.05, 0) is 41.5 Å². The number of nitrogens with two attached hydrogens (primary N) is 1. The fourth-order valence-electron chi connectivity index (χ4n) is 2.60. The maximum atomic E-state index is 6.28. The molecule has 1 atom stereocenters. The first-order valence-corrected chi connectivity index (χ1v) is 7.77. The van der Waals surface area contributed by atoms with Gasteiger partial charge in [0, 0.05) is 12.5 Å². The van der Waals surface area contributed by atoms with Gasteiger partial charge in [0.1, 0.15) is 11.5 Å². The quantitative estimate of drug-likeness (QED) is 0.918. The van der Waals surface area contributed by atoms with Gasteiger partial charge in [-0.3, -0.25) is 0 Å². The van der Waals surface area contributed by atoms with Gasteiger partial charge in [-0.15, -0.1) is 11.3 Å². The van der Waals surface area contributed by atoms with Gasteiger partial charge in [-0.1, -0.05) is 12.1 Å². The van der Waals surface area contributed by atoms with E-state index in [4.69, 9.17) is 15.2 Å². The Morgan fingerprint density at radius 3 is 3.15 bits per heavy atom. The molecule has 1 aromatic heterocycles. The minimum Gasteiger partial charge on any atom is -0.496 e. The van der Waals surface area contributed by atoms with Crippen molar-refractivity contribution in [2.24, 2.45) is 5.73 Å². The number of aryl methyl sites for hydroxylation is 1. The summed E-state index contributed by atoms with van der Waals surface area (Å²) in [7, 11) is 1.69. The van der Waals surface area contributed by atoms with Crippen molar-refractivity contribution in [1.82, 2.24) is 0 Å². The van der Waals surface area contributed by atoms with Crippen molar-refractivity contribution < 1.29 is 9.47 Å². The van der Waals surface area contributed by atoms with E-state index in [9.17, 15) is 0 Å². The molecule has 106 valence electrons. The Hall–Kier alpha value is -1.52. The van der Waals surface area contributed by atoms with Gasteiger partial charge < -0.3 is 15.2 Å². The number of hydrogen-bond acceptors (Lipinski definition) is 4. The topological polar surface area (TPSA) is 44.5 Å². The van der Waals surface area contributed by atoms with Gasteiger partial charge in [0.25, 0.3) is 0 Å². The molecule has 1 aliphatic rings. The molecule has 0 spiro atoms. The average molecular weight is 289 g/mol. The van der Waals surface area contributed by atoms with Crippen LogP contribution in [0.4, 0.5) is 0 Å². The summed E-state index contributed by atoms with van der Waals surface area (Å²) in [6.45, 7) is 0.810. The molecule has 2 aromatic rings. The Balaban J connectivity index is 1.64. The van der Waals surface area contributed by atoms with E-state index in [1.165, 1.54) is 11.1 Å². The van der Waals surface area contributed by atoms with Crippen molar-refractivity contribution in [2.75, 3.05) is 13.7 Å². The van der Waals surface area contributed by atoms with Crippen LogP contribution in [-0.4, -0.2) is 13.7 Å². The summed E-state index contributed by atoms with van der Waals surface area (Å²) in [5.41, 5.74) is 8.94. The normalized spacial score (nSPS) is 14.7. The van der Waals surface area contributed by atoms with Gasteiger partial charge in [-0.25, -0.2) is 0 Å². The van der Waals surface area contributed by atoms with Gasteiger partial charge in [0.15, 0.2) is 0 Å². The van der Waals surface area contributed by atoms with Crippen molar-refractivity contribution in [3.05, 3.63) is 45.6 Å². The smallest absolute Gasteiger partial charge is 0.134 e. The van der Waals surface area contributed by atoms with E-state index < -0.39 is 0 Å². The Kier molecular flexibility index (Phi) is 3.94. The van der Waals surface area contributed by atoms with E-state index in [-0.39, 0.29) is 6.04 Å². The summed E-state index contributed by atoms with van der Waals surface area (Å²) in [5.74, 6) is 1.95. The molecule has 20 heavy (non-hydrogen) atoms. The average Bonchev–Trinajstić information content (AvgIpc) is 3.12. The largest absolute Gasteiger partial charge is 0.496 e. The zero-order valence-corrected chi connectivity index (χ0v) is 12.4. The SMILES string of the molecule is COc1ccsc1C(N)CCc1ccc2c(c1)CCO2. The second-order valence-electron chi connectivity index (χ2n) is 5.04. The standard InChI is InChI=1S/C16H19NO2S/c1-18-15-7-9-20-16(15)13(17)4-2-11-3-5-14-12(10-11)6-8-19-14/h3,5,7,9-10,13H,2,4,6,8,17H2,1H3. The van der Waals surface area contributed by atoms with Crippen LogP contribution < -0.4 is 15.2 Å². The molecule has 0 aliphatic carbocycles. The van der Waals surface area contributed by atoms with Crippen LogP contribution in [-0.2, 0) is 12.8 Å². The molecule has 1 unspecified atom stereocenters. The highest BCUT2D eigenvalue weighted by Gasteiger charge is 2.15. The number of fused-ring (bicyclic) bond motifs is 1. The van der Waals surface area contributed by atoms with Crippen molar-refractivity contribution in [3.8, 4) is 11.5 Å². The van der Waals surface area contributed by atoms with Gasteiger partial charge in [-0.2, -0.15) is 0 Å². The number of rotatable bonds is 5. The number of thiophene rings is 1. The van der Waals surface area contributed by atoms with E-state index in [2.05, 4.69) is 18.2 Å². The molecule has 1 aromatic carbocycles. The molecule has 0 fully saturated rings. The lowest BCUT2D eigenvalue weighted by atomic mass is 10.0. The van der Waals surface area contributed by atoms with Gasteiger partial charge in [0.2, 0.25) is 0 Å². The van der Waals surface area contributed by atoms with Crippen molar-refractivity contribution in [2.45, 2.75) is 25.3 Å². The molecule has 0 saturated heterocycles. The highest BCUT2D eigenvalue weighted by molar-refractivity contribution is 7.10. The highest BCUT2D eigenvalue weighted by atomic mass is 32.1. The van der Waals surface area contributed by atoms with Crippen LogP contribution in [0.25, 0.3) is 0 Å². The fourth-order valence-corrected chi connectivity index (χ4v) is 3.50. The van der Waals surface area contributed by atoms with E-state index in [0.29, 0.717) is 0 Å². The minimum absolute atomic E-state index is 0.0365. The van der Waals surface area contributed by atoms with Crippen molar-refractivity contribution >= 4 is 11.3 Å². The summed E-state index contributed by atoms with van der Waals surface area (Å²) in [6.07, 6.45) is 2.93. The molecule has 3 nitrogen and oxygen atoms in total. The second kappa shape index (κ2) is 5.85. The Labute approximate surface area is 123 Å². The molecular formula is C16H19NO2S. The zero-order valence-electron chi connectivity index (χ0n) is 11.6. The van der Waals surface area contributed by atoms with E-state index >= 15 is 0 Å². The number of hydrogen-bond donors (Lipinski definition) is 1. The van der Waals surface area contributed by atoms with Crippen LogP contribution >= 0.6 is 11.3 Å². The van der Waals surface area contributed by atoms with Crippen molar-refractivity contribution in [3.63, 3.8) is 0 Å². The molecule has 3 rings (SSSR count). The Bertz CT molecular complexity index is 594. The first-order valence-electron chi connectivity index (χ1n) is 6.89. The molecule has 0 amide bonds. The van der Waals surface area contributed by atoms with Crippen LogP contribution in [0.1, 0.15) is 28.5 Å².